The predicted molar refractivity (Wildman–Crippen MR) is 137 cm³/mol. The molecule has 2 N–H and O–H groups in total. The summed E-state index contributed by atoms with van der Waals surface area (Å²) in [6, 6.07) is 19.8. The Kier molecular flexibility index (Phi) is 6.20. The number of benzene rings is 2. The van der Waals surface area contributed by atoms with Gasteiger partial charge in [0.25, 0.3) is 5.70 Å². The van der Waals surface area contributed by atoms with Gasteiger partial charge in [-0.05, 0) is 43.0 Å². The first kappa shape index (κ1) is 22.7. The minimum absolute atomic E-state index is 0.0400. The lowest BCUT2D eigenvalue weighted by atomic mass is 9.97. The molecule has 4 bridgehead atoms. The fourth-order valence-corrected chi connectivity index (χ4v) is 6.72. The van der Waals surface area contributed by atoms with Gasteiger partial charge in [-0.3, -0.25) is 0 Å². The van der Waals surface area contributed by atoms with E-state index in [0.717, 1.165) is 24.8 Å². The summed E-state index contributed by atoms with van der Waals surface area (Å²) in [5.41, 5.74) is 2.62. The summed E-state index contributed by atoms with van der Waals surface area (Å²) in [5.74, 6) is 0.0400. The number of thiocarbonyl (C=S) groups is 1. The highest BCUT2D eigenvalue weighted by atomic mass is 32.2. The average molecular weight is 493 g/mol. The third-order valence-corrected chi connectivity index (χ3v) is 8.63. The molecule has 3 aromatic rings. The Hall–Kier alpha value is -3.07. The van der Waals surface area contributed by atoms with Crippen LogP contribution in [0.15, 0.2) is 84.0 Å². The Morgan fingerprint density at radius 2 is 1.76 bits per heavy atom. The Bertz CT molecular complexity index is 1350. The molecule has 0 amide bonds. The molecule has 1 fully saturated rings. The second kappa shape index (κ2) is 9.29. The predicted octanol–water partition coefficient (Wildman–Crippen LogP) is 4.40. The molecule has 1 atom stereocenters. The molecule has 3 aliphatic heterocycles. The molecule has 1 aromatic heterocycles. The van der Waals surface area contributed by atoms with E-state index in [9.17, 15) is 13.5 Å². The van der Waals surface area contributed by atoms with Crippen LogP contribution in [0, 0.1) is 0 Å². The van der Waals surface area contributed by atoms with Crippen LogP contribution in [-0.4, -0.2) is 35.4 Å². The van der Waals surface area contributed by atoms with Gasteiger partial charge in [0.2, 0.25) is 10.0 Å². The summed E-state index contributed by atoms with van der Waals surface area (Å²) in [6.07, 6.45) is 6.92. The van der Waals surface area contributed by atoms with Crippen molar-refractivity contribution in [1.82, 2.24) is 4.31 Å². The number of sulfonamides is 1. The number of piperidine rings is 1. The van der Waals surface area contributed by atoms with Crippen LogP contribution in [0.5, 0.6) is 0 Å². The largest absolute Gasteiger partial charge is 0.502 e. The van der Waals surface area contributed by atoms with E-state index < -0.39 is 10.0 Å². The third kappa shape index (κ3) is 4.36. The van der Waals surface area contributed by atoms with Gasteiger partial charge in [0.1, 0.15) is 0 Å². The maximum Gasteiger partial charge on any atom is 0.288 e. The van der Waals surface area contributed by atoms with Gasteiger partial charge < -0.3 is 10.4 Å². The SMILES string of the molecule is O=S1(=O)c2cccc(c2)NC(=S)C([n+]2ccccc2)=C(O)c2ccc(cc2)C[C@H]2CCCCN21. The Balaban J connectivity index is 1.68. The Morgan fingerprint density at radius 1 is 1.00 bits per heavy atom. The van der Waals surface area contributed by atoms with Crippen molar-refractivity contribution in [3.05, 3.63) is 90.3 Å². The molecule has 34 heavy (non-hydrogen) atoms. The van der Waals surface area contributed by atoms with Crippen molar-refractivity contribution in [2.45, 2.75) is 36.6 Å². The van der Waals surface area contributed by atoms with Gasteiger partial charge in [-0.1, -0.05) is 55.0 Å². The first-order valence-electron chi connectivity index (χ1n) is 11.4. The van der Waals surface area contributed by atoms with Crippen molar-refractivity contribution < 1.29 is 18.1 Å². The summed E-state index contributed by atoms with van der Waals surface area (Å²) in [7, 11) is -3.68. The molecule has 6 nitrogen and oxygen atoms in total. The molecule has 0 spiro atoms. The number of aromatic nitrogens is 1. The van der Waals surface area contributed by atoms with Gasteiger partial charge in [0.15, 0.2) is 23.1 Å². The third-order valence-electron chi connectivity index (χ3n) is 6.38. The first-order valence-corrected chi connectivity index (χ1v) is 13.2. The molecule has 0 radical (unpaired) electrons. The standard InChI is InChI=1S/C26H25N3O3S2/c30-25-20-12-10-19(11-13-20)17-22-8-2-5-16-29(22)34(31,32)23-9-6-7-21(18-23)27-26(33)24(25)28-14-3-1-4-15-28/h1,3-4,6-7,9-15,18,22H,2,5,8,16-17H2,(H-,27,30,33)/p+1/t22-/m1/s1. The summed E-state index contributed by atoms with van der Waals surface area (Å²) < 4.78 is 30.7. The molecule has 8 heteroatoms. The van der Waals surface area contributed by atoms with E-state index in [4.69, 9.17) is 12.2 Å². The van der Waals surface area contributed by atoms with E-state index in [0.29, 0.717) is 29.9 Å². The number of fused-ring (bicyclic) bond motifs is 4. The molecule has 4 heterocycles. The van der Waals surface area contributed by atoms with Crippen LogP contribution < -0.4 is 9.88 Å². The van der Waals surface area contributed by atoms with E-state index in [2.05, 4.69) is 5.32 Å². The second-order valence-electron chi connectivity index (χ2n) is 8.63. The molecule has 0 saturated carbocycles. The van der Waals surface area contributed by atoms with Crippen molar-refractivity contribution in [2.24, 2.45) is 0 Å². The van der Waals surface area contributed by atoms with E-state index in [1.165, 1.54) is 0 Å². The Labute approximate surface area is 205 Å². The zero-order valence-corrected chi connectivity index (χ0v) is 20.2. The highest BCUT2D eigenvalue weighted by Gasteiger charge is 2.34. The van der Waals surface area contributed by atoms with Gasteiger partial charge in [0.05, 0.1) is 4.90 Å². The van der Waals surface area contributed by atoms with Gasteiger partial charge in [-0.2, -0.15) is 8.87 Å². The number of hydrogen-bond donors (Lipinski definition) is 2. The van der Waals surface area contributed by atoms with Crippen LogP contribution in [0.4, 0.5) is 5.69 Å². The topological polar surface area (TPSA) is 73.5 Å². The molecule has 6 rings (SSSR count). The van der Waals surface area contributed by atoms with Crippen LogP contribution >= 0.6 is 12.2 Å². The molecule has 174 valence electrons. The van der Waals surface area contributed by atoms with Crippen molar-refractivity contribution in [3.8, 4) is 0 Å². The number of nitrogens with one attached hydrogen (secondary N) is 1. The van der Waals surface area contributed by atoms with Crippen LogP contribution in [0.2, 0.25) is 0 Å². The first-order chi connectivity index (χ1) is 16.4. The van der Waals surface area contributed by atoms with Gasteiger partial charge in [-0.15, -0.1) is 0 Å². The van der Waals surface area contributed by atoms with Crippen LogP contribution in [0.1, 0.15) is 30.4 Å². The maximum atomic E-state index is 13.7. The van der Waals surface area contributed by atoms with Crippen molar-refractivity contribution in [2.75, 3.05) is 11.9 Å². The number of aliphatic hydroxyl groups excluding tert-OH is 1. The molecular weight excluding hydrogens is 466 g/mol. The van der Waals surface area contributed by atoms with E-state index in [1.807, 2.05) is 42.5 Å². The zero-order valence-electron chi connectivity index (χ0n) is 18.6. The fraction of sp³-hybridized carbons (Fsp3) is 0.231. The summed E-state index contributed by atoms with van der Waals surface area (Å²) in [4.78, 5) is 0.511. The smallest absolute Gasteiger partial charge is 0.288 e. The Morgan fingerprint density at radius 3 is 2.53 bits per heavy atom. The number of pyridine rings is 1. The summed E-state index contributed by atoms with van der Waals surface area (Å²) in [5, 5.41) is 14.4. The summed E-state index contributed by atoms with van der Waals surface area (Å²) >= 11 is 5.70. The van der Waals surface area contributed by atoms with Crippen LogP contribution in [0.3, 0.4) is 0 Å². The molecular formula is C26H26N3O3S2+. The normalized spacial score (nSPS) is 20.7. The lowest BCUT2D eigenvalue weighted by Crippen LogP contribution is -2.44. The van der Waals surface area contributed by atoms with E-state index in [-0.39, 0.29) is 21.7 Å². The second-order valence-corrected chi connectivity index (χ2v) is 10.9. The van der Waals surface area contributed by atoms with Gasteiger partial charge in [-0.25, -0.2) is 8.42 Å². The highest BCUT2D eigenvalue weighted by Crippen LogP contribution is 2.30. The number of rotatable bonds is 1. The van der Waals surface area contributed by atoms with Crippen molar-refractivity contribution in [1.29, 1.82) is 0 Å². The molecule has 0 unspecified atom stereocenters. The minimum Gasteiger partial charge on any atom is -0.502 e. The average Bonchev–Trinajstić information content (AvgIpc) is 2.85. The molecule has 3 aliphatic rings. The van der Waals surface area contributed by atoms with E-state index in [1.54, 1.807) is 45.5 Å². The zero-order chi connectivity index (χ0) is 23.7. The lowest BCUT2D eigenvalue weighted by Gasteiger charge is -2.35. The molecule has 0 aliphatic carbocycles. The van der Waals surface area contributed by atoms with Crippen LogP contribution in [0.25, 0.3) is 11.5 Å². The lowest BCUT2D eigenvalue weighted by molar-refractivity contribution is -0.575. The highest BCUT2D eigenvalue weighted by molar-refractivity contribution is 7.89. The fourth-order valence-electron chi connectivity index (χ4n) is 4.66. The number of anilines is 1. The molecule has 1 saturated heterocycles. The monoisotopic (exact) mass is 492 g/mol. The number of nitrogens with zero attached hydrogens (tertiary/aromatic N) is 2. The maximum absolute atomic E-state index is 13.7. The van der Waals surface area contributed by atoms with Crippen molar-refractivity contribution in [3.63, 3.8) is 0 Å². The van der Waals surface area contributed by atoms with Gasteiger partial charge in [0, 0.05) is 36.0 Å². The summed E-state index contributed by atoms with van der Waals surface area (Å²) in [6.45, 7) is 0.512. The van der Waals surface area contributed by atoms with E-state index >= 15 is 0 Å². The molecule has 2 aromatic carbocycles. The minimum atomic E-state index is -3.68. The number of aliphatic hydroxyl groups is 1. The number of hydrogen-bond acceptors (Lipinski definition) is 4. The van der Waals surface area contributed by atoms with Crippen molar-refractivity contribution >= 4 is 44.4 Å². The van der Waals surface area contributed by atoms with Crippen LogP contribution in [-0.2, 0) is 16.4 Å². The van der Waals surface area contributed by atoms with Gasteiger partial charge >= 0.3 is 0 Å². The quantitative estimate of drug-likeness (QED) is 0.389.